The van der Waals surface area contributed by atoms with Crippen molar-refractivity contribution in [2.24, 2.45) is 11.7 Å². The minimum absolute atomic E-state index is 0.287. The number of hydrogen-bond acceptors (Lipinski definition) is 4. The van der Waals surface area contributed by atoms with E-state index in [0.717, 1.165) is 15.8 Å². The van der Waals surface area contributed by atoms with Gasteiger partial charge >= 0.3 is 0 Å². The molecule has 5 nitrogen and oxygen atoms in total. The van der Waals surface area contributed by atoms with Crippen LogP contribution in [0.15, 0.2) is 66.7 Å². The van der Waals surface area contributed by atoms with Crippen LogP contribution >= 0.6 is 0 Å². The molecule has 0 atom stereocenters. The van der Waals surface area contributed by atoms with Gasteiger partial charge in [0.1, 0.15) is 0 Å². The number of hydrogen-bond donors (Lipinski definition) is 2. The lowest BCUT2D eigenvalue weighted by molar-refractivity contribution is 0.0983. The predicted octanol–water partition coefficient (Wildman–Crippen LogP) is 2.61. The number of benzene rings is 3. The van der Waals surface area contributed by atoms with Crippen LogP contribution in [0.1, 0.15) is 10.4 Å². The molecule has 22 heavy (non-hydrogen) atoms. The molecule has 0 aliphatic carbocycles. The quantitative estimate of drug-likeness (QED) is 0.442. The lowest BCUT2D eigenvalue weighted by Crippen LogP contribution is -2.37. The fourth-order valence-electron chi connectivity index (χ4n) is 2.32. The number of fused-ring (bicyclic) bond motifs is 1. The standard InChI is InChI=1S/C17H15N3O2/c18-20(14-8-2-1-3-9-14)17(21)15-10-12-6-4-5-7-13(12)11-16(15)22-19/h1-11H,18-19H2. The number of para-hydroxylation sites is 1. The normalized spacial score (nSPS) is 10.5. The molecule has 3 rings (SSSR count). The van der Waals surface area contributed by atoms with Crippen LogP contribution < -0.4 is 21.6 Å². The maximum Gasteiger partial charge on any atom is 0.276 e. The predicted molar refractivity (Wildman–Crippen MR) is 86.2 cm³/mol. The molecule has 0 bridgehead atoms. The van der Waals surface area contributed by atoms with Crippen molar-refractivity contribution in [3.8, 4) is 5.75 Å². The zero-order chi connectivity index (χ0) is 15.5. The van der Waals surface area contributed by atoms with Crippen LogP contribution in [0.4, 0.5) is 5.69 Å². The molecule has 4 N–H and O–H groups in total. The van der Waals surface area contributed by atoms with Gasteiger partial charge in [-0.25, -0.2) is 10.9 Å². The number of carbonyl (C=O) groups excluding carboxylic acids is 1. The monoisotopic (exact) mass is 293 g/mol. The lowest BCUT2D eigenvalue weighted by atomic mass is 10.1. The molecule has 0 fully saturated rings. The van der Waals surface area contributed by atoms with Gasteiger partial charge in [-0.05, 0) is 35.0 Å². The zero-order valence-corrected chi connectivity index (χ0v) is 11.8. The second-order valence-electron chi connectivity index (χ2n) is 4.82. The van der Waals surface area contributed by atoms with Gasteiger partial charge in [0.05, 0.1) is 11.3 Å². The number of carbonyl (C=O) groups is 1. The Bertz CT molecular complexity index is 819. The molecule has 0 heterocycles. The number of hydrazine groups is 1. The van der Waals surface area contributed by atoms with Crippen molar-refractivity contribution in [2.75, 3.05) is 5.01 Å². The third-order valence-corrected chi connectivity index (χ3v) is 3.46. The smallest absolute Gasteiger partial charge is 0.276 e. The first-order valence-electron chi connectivity index (χ1n) is 6.74. The molecule has 5 heteroatoms. The van der Waals surface area contributed by atoms with Crippen molar-refractivity contribution >= 4 is 22.4 Å². The molecular weight excluding hydrogens is 278 g/mol. The van der Waals surface area contributed by atoms with E-state index in [0.29, 0.717) is 11.3 Å². The van der Waals surface area contributed by atoms with Gasteiger partial charge < -0.3 is 4.84 Å². The highest BCUT2D eigenvalue weighted by molar-refractivity contribution is 6.09. The third-order valence-electron chi connectivity index (χ3n) is 3.46. The van der Waals surface area contributed by atoms with Gasteiger partial charge in [0.25, 0.3) is 5.91 Å². The largest absolute Gasteiger partial charge is 0.411 e. The van der Waals surface area contributed by atoms with E-state index in [9.17, 15) is 4.79 Å². The summed E-state index contributed by atoms with van der Waals surface area (Å²) in [6.07, 6.45) is 0. The molecule has 110 valence electrons. The van der Waals surface area contributed by atoms with Crippen LogP contribution in [-0.4, -0.2) is 5.91 Å². The second kappa shape index (κ2) is 5.85. The summed E-state index contributed by atoms with van der Waals surface area (Å²) >= 11 is 0. The molecule has 0 aliphatic heterocycles. The minimum atomic E-state index is -0.391. The highest BCUT2D eigenvalue weighted by Gasteiger charge is 2.19. The highest BCUT2D eigenvalue weighted by Crippen LogP contribution is 2.27. The molecule has 1 amide bonds. The van der Waals surface area contributed by atoms with Crippen molar-refractivity contribution in [3.63, 3.8) is 0 Å². The Morgan fingerprint density at radius 3 is 2.14 bits per heavy atom. The molecule has 3 aromatic carbocycles. The molecule has 0 aromatic heterocycles. The number of nitrogens with two attached hydrogens (primary N) is 2. The van der Waals surface area contributed by atoms with Crippen LogP contribution in [-0.2, 0) is 0 Å². The zero-order valence-electron chi connectivity index (χ0n) is 11.8. The van der Waals surface area contributed by atoms with Crippen molar-refractivity contribution in [2.45, 2.75) is 0 Å². The molecule has 0 aliphatic rings. The average Bonchev–Trinajstić information content (AvgIpc) is 2.60. The van der Waals surface area contributed by atoms with E-state index < -0.39 is 5.91 Å². The Kier molecular flexibility index (Phi) is 3.74. The summed E-state index contributed by atoms with van der Waals surface area (Å²) in [7, 11) is 0. The number of rotatable bonds is 3. The molecule has 0 spiro atoms. The first-order valence-corrected chi connectivity index (χ1v) is 6.74. The van der Waals surface area contributed by atoms with Gasteiger partial charge in [0.2, 0.25) is 0 Å². The Hall–Kier alpha value is -2.89. The average molecular weight is 293 g/mol. The molecule has 0 unspecified atom stereocenters. The van der Waals surface area contributed by atoms with Gasteiger partial charge in [0.15, 0.2) is 5.75 Å². The SMILES string of the molecule is NOc1cc2ccccc2cc1C(=O)N(N)c1ccccc1. The molecule has 0 saturated heterocycles. The summed E-state index contributed by atoms with van der Waals surface area (Å²) in [5, 5.41) is 2.92. The van der Waals surface area contributed by atoms with Crippen LogP contribution in [0.3, 0.4) is 0 Å². The third kappa shape index (κ3) is 2.50. The maximum atomic E-state index is 12.6. The van der Waals surface area contributed by atoms with Crippen LogP contribution in [0.5, 0.6) is 5.75 Å². The maximum absolute atomic E-state index is 12.6. The van der Waals surface area contributed by atoms with Gasteiger partial charge in [-0.2, -0.15) is 5.90 Å². The molecule has 0 saturated carbocycles. The first-order chi connectivity index (χ1) is 10.7. The highest BCUT2D eigenvalue weighted by atomic mass is 16.6. The van der Waals surface area contributed by atoms with Crippen LogP contribution in [0.2, 0.25) is 0 Å². The van der Waals surface area contributed by atoms with E-state index in [1.165, 1.54) is 0 Å². The lowest BCUT2D eigenvalue weighted by Gasteiger charge is -2.18. The van der Waals surface area contributed by atoms with Crippen molar-refractivity contribution in [1.29, 1.82) is 0 Å². The van der Waals surface area contributed by atoms with Gasteiger partial charge in [-0.15, -0.1) is 0 Å². The van der Waals surface area contributed by atoms with Crippen LogP contribution in [0.25, 0.3) is 10.8 Å². The fourth-order valence-corrected chi connectivity index (χ4v) is 2.32. The summed E-state index contributed by atoms with van der Waals surface area (Å²) in [6, 6.07) is 20.1. The Morgan fingerprint density at radius 1 is 0.909 bits per heavy atom. The molecule has 3 aromatic rings. The van der Waals surface area contributed by atoms with Crippen molar-refractivity contribution in [3.05, 3.63) is 72.3 Å². The first kappa shape index (κ1) is 14.1. The van der Waals surface area contributed by atoms with Crippen LogP contribution in [0, 0.1) is 0 Å². The van der Waals surface area contributed by atoms with Gasteiger partial charge in [-0.1, -0.05) is 42.5 Å². The van der Waals surface area contributed by atoms with E-state index in [4.69, 9.17) is 16.6 Å². The van der Waals surface area contributed by atoms with E-state index in [2.05, 4.69) is 0 Å². The second-order valence-corrected chi connectivity index (χ2v) is 4.82. The summed E-state index contributed by atoms with van der Waals surface area (Å²) < 4.78 is 0. The number of anilines is 1. The van der Waals surface area contributed by atoms with Gasteiger partial charge in [0, 0.05) is 0 Å². The number of amides is 1. The Labute approximate surface area is 127 Å². The fraction of sp³-hybridized carbons (Fsp3) is 0. The van der Waals surface area contributed by atoms with E-state index in [1.807, 2.05) is 42.5 Å². The van der Waals surface area contributed by atoms with E-state index in [1.54, 1.807) is 24.3 Å². The van der Waals surface area contributed by atoms with Gasteiger partial charge in [-0.3, -0.25) is 4.79 Å². The Morgan fingerprint density at radius 2 is 1.50 bits per heavy atom. The minimum Gasteiger partial charge on any atom is -0.411 e. The molecular formula is C17H15N3O2. The summed E-state index contributed by atoms with van der Waals surface area (Å²) in [5.41, 5.74) is 0.899. The Balaban J connectivity index is 2.06. The van der Waals surface area contributed by atoms with Crippen molar-refractivity contribution in [1.82, 2.24) is 0 Å². The topological polar surface area (TPSA) is 81.6 Å². The molecule has 0 radical (unpaired) electrons. The number of nitrogens with zero attached hydrogens (tertiary/aromatic N) is 1. The summed E-state index contributed by atoms with van der Waals surface area (Å²) in [6.45, 7) is 0. The summed E-state index contributed by atoms with van der Waals surface area (Å²) in [5.74, 6) is 11.1. The van der Waals surface area contributed by atoms with Crippen molar-refractivity contribution < 1.29 is 9.63 Å². The summed E-state index contributed by atoms with van der Waals surface area (Å²) in [4.78, 5) is 17.5. The van der Waals surface area contributed by atoms with E-state index in [-0.39, 0.29) is 5.75 Å². The van der Waals surface area contributed by atoms with E-state index >= 15 is 0 Å².